The quantitative estimate of drug-likeness (QED) is 0.405. The van der Waals surface area contributed by atoms with E-state index in [1.807, 2.05) is 34.7 Å². The van der Waals surface area contributed by atoms with Gasteiger partial charge in [-0.1, -0.05) is 49.6 Å². The maximum atomic E-state index is 13.0. The van der Waals surface area contributed by atoms with E-state index in [0.29, 0.717) is 11.6 Å². The summed E-state index contributed by atoms with van der Waals surface area (Å²) in [7, 11) is 0. The van der Waals surface area contributed by atoms with Gasteiger partial charge in [-0.25, -0.2) is 9.59 Å². The number of carboxylic acid groups (broad SMARTS) is 1. The van der Waals surface area contributed by atoms with Gasteiger partial charge in [0.15, 0.2) is 0 Å². The van der Waals surface area contributed by atoms with Gasteiger partial charge in [0.25, 0.3) is 0 Å². The van der Waals surface area contributed by atoms with Crippen LogP contribution in [0, 0.1) is 0 Å². The molecule has 0 spiro atoms. The Bertz CT molecular complexity index is 1330. The summed E-state index contributed by atoms with van der Waals surface area (Å²) in [5, 5.41) is 12.7. The van der Waals surface area contributed by atoms with Gasteiger partial charge >= 0.3 is 11.9 Å². The average molecular weight is 415 g/mol. The number of carboxylic acids is 1. The SMILES string of the molecule is CCOC(=O)c1cc2ccccc2c2c(C3CCCCC3)c3ccc(C(=O)O)cc3n12. The predicted molar refractivity (Wildman–Crippen MR) is 121 cm³/mol. The van der Waals surface area contributed by atoms with Crippen molar-refractivity contribution in [1.82, 2.24) is 4.40 Å². The predicted octanol–water partition coefficient (Wildman–Crippen LogP) is 6.17. The molecular weight excluding hydrogens is 390 g/mol. The van der Waals surface area contributed by atoms with Crippen molar-refractivity contribution < 1.29 is 19.4 Å². The summed E-state index contributed by atoms with van der Waals surface area (Å²) in [6, 6.07) is 15.2. The van der Waals surface area contributed by atoms with Crippen molar-refractivity contribution in [2.75, 3.05) is 6.61 Å². The molecule has 5 heteroatoms. The molecule has 1 aliphatic rings. The third kappa shape index (κ3) is 3.16. The lowest BCUT2D eigenvalue weighted by molar-refractivity contribution is 0.0518. The van der Waals surface area contributed by atoms with Crippen LogP contribution in [0.1, 0.15) is 71.4 Å². The Balaban J connectivity index is 1.97. The molecule has 1 saturated carbocycles. The molecule has 2 aromatic heterocycles. The molecule has 2 aromatic carbocycles. The third-order valence-corrected chi connectivity index (χ3v) is 6.50. The number of pyridine rings is 1. The maximum absolute atomic E-state index is 13.0. The first-order valence-corrected chi connectivity index (χ1v) is 11.0. The standard InChI is InChI=1S/C26H25NO4/c1-2-31-26(30)22-14-17-10-6-7-11-19(17)24-23(16-8-4-3-5-9-16)20-13-12-18(25(28)29)15-21(20)27(22)24/h6-7,10-16H,2-5,8-9H2,1H3,(H,28,29). The number of fused-ring (bicyclic) bond motifs is 5. The summed E-state index contributed by atoms with van der Waals surface area (Å²) >= 11 is 0. The van der Waals surface area contributed by atoms with Crippen molar-refractivity contribution in [2.24, 2.45) is 0 Å². The largest absolute Gasteiger partial charge is 0.478 e. The molecule has 158 valence electrons. The third-order valence-electron chi connectivity index (χ3n) is 6.50. The number of aromatic nitrogens is 1. The second kappa shape index (κ2) is 7.73. The van der Waals surface area contributed by atoms with Crippen LogP contribution in [-0.4, -0.2) is 28.1 Å². The number of hydrogen-bond donors (Lipinski definition) is 1. The smallest absolute Gasteiger partial charge is 0.355 e. The van der Waals surface area contributed by atoms with Gasteiger partial charge in [-0.3, -0.25) is 0 Å². The van der Waals surface area contributed by atoms with Crippen LogP contribution in [0.5, 0.6) is 0 Å². The zero-order valence-electron chi connectivity index (χ0n) is 17.6. The van der Waals surface area contributed by atoms with Gasteiger partial charge in [-0.2, -0.15) is 0 Å². The van der Waals surface area contributed by atoms with Crippen molar-refractivity contribution in [3.63, 3.8) is 0 Å². The highest BCUT2D eigenvalue weighted by Gasteiger charge is 2.27. The van der Waals surface area contributed by atoms with Crippen LogP contribution in [0.3, 0.4) is 0 Å². The Morgan fingerprint density at radius 3 is 2.55 bits per heavy atom. The fourth-order valence-electron chi connectivity index (χ4n) is 5.17. The number of hydrogen-bond acceptors (Lipinski definition) is 3. The summed E-state index contributed by atoms with van der Waals surface area (Å²) < 4.78 is 7.33. The number of carbonyl (C=O) groups excluding carboxylic acids is 1. The zero-order chi connectivity index (χ0) is 21.5. The van der Waals surface area contributed by atoms with Crippen LogP contribution >= 0.6 is 0 Å². The van der Waals surface area contributed by atoms with Crippen LogP contribution in [0.2, 0.25) is 0 Å². The number of esters is 1. The summed E-state index contributed by atoms with van der Waals surface area (Å²) in [6.07, 6.45) is 5.83. The van der Waals surface area contributed by atoms with Gasteiger partial charge in [0.1, 0.15) is 5.69 Å². The van der Waals surface area contributed by atoms with E-state index in [4.69, 9.17) is 4.74 Å². The first kappa shape index (κ1) is 19.6. The molecule has 5 nitrogen and oxygen atoms in total. The maximum Gasteiger partial charge on any atom is 0.355 e. The van der Waals surface area contributed by atoms with E-state index >= 15 is 0 Å². The van der Waals surface area contributed by atoms with Crippen LogP contribution in [0.4, 0.5) is 0 Å². The van der Waals surface area contributed by atoms with E-state index in [-0.39, 0.29) is 12.2 Å². The van der Waals surface area contributed by atoms with Crippen molar-refractivity contribution in [3.8, 4) is 0 Å². The minimum atomic E-state index is -0.977. The molecule has 0 amide bonds. The lowest BCUT2D eigenvalue weighted by Gasteiger charge is -2.22. The van der Waals surface area contributed by atoms with Gasteiger partial charge in [0.2, 0.25) is 0 Å². The minimum Gasteiger partial charge on any atom is -0.478 e. The van der Waals surface area contributed by atoms with Gasteiger partial charge in [0.05, 0.1) is 23.2 Å². The molecule has 0 atom stereocenters. The van der Waals surface area contributed by atoms with Crippen LogP contribution < -0.4 is 0 Å². The molecule has 0 unspecified atom stereocenters. The summed E-state index contributed by atoms with van der Waals surface area (Å²) in [6.45, 7) is 2.07. The molecule has 1 aliphatic carbocycles. The number of rotatable bonds is 4. The number of benzene rings is 2. The Kier molecular flexibility index (Phi) is 4.89. The van der Waals surface area contributed by atoms with Crippen LogP contribution in [0.15, 0.2) is 48.5 Å². The fourth-order valence-corrected chi connectivity index (χ4v) is 5.17. The molecule has 0 saturated heterocycles. The monoisotopic (exact) mass is 415 g/mol. The number of carbonyl (C=O) groups is 2. The van der Waals surface area contributed by atoms with E-state index in [0.717, 1.165) is 40.0 Å². The number of ether oxygens (including phenoxy) is 1. The van der Waals surface area contributed by atoms with Crippen molar-refractivity contribution in [3.05, 3.63) is 65.4 Å². The molecule has 5 rings (SSSR count). The summed E-state index contributed by atoms with van der Waals surface area (Å²) in [5.74, 6) is -0.988. The molecule has 0 bridgehead atoms. The first-order chi connectivity index (χ1) is 15.1. The van der Waals surface area contributed by atoms with Crippen molar-refractivity contribution in [2.45, 2.75) is 44.9 Å². The fraction of sp³-hybridized carbons (Fsp3) is 0.308. The number of nitrogens with zero attached hydrogens (tertiary/aromatic N) is 1. The Morgan fingerprint density at radius 2 is 1.81 bits per heavy atom. The van der Waals surface area contributed by atoms with E-state index in [2.05, 4.69) is 6.07 Å². The van der Waals surface area contributed by atoms with Crippen LogP contribution in [-0.2, 0) is 4.74 Å². The van der Waals surface area contributed by atoms with Gasteiger partial charge < -0.3 is 14.2 Å². The topological polar surface area (TPSA) is 68.0 Å². The molecule has 4 aromatic rings. The molecule has 31 heavy (non-hydrogen) atoms. The summed E-state index contributed by atoms with van der Waals surface area (Å²) in [4.78, 5) is 24.7. The molecule has 1 fully saturated rings. The molecule has 0 aliphatic heterocycles. The zero-order valence-corrected chi connectivity index (χ0v) is 17.6. The highest BCUT2D eigenvalue weighted by Crippen LogP contribution is 2.43. The van der Waals surface area contributed by atoms with E-state index in [9.17, 15) is 14.7 Å². The van der Waals surface area contributed by atoms with E-state index in [1.54, 1.807) is 19.1 Å². The average Bonchev–Trinajstić information content (AvgIpc) is 3.14. The Hall–Kier alpha value is -3.34. The first-order valence-electron chi connectivity index (χ1n) is 11.0. The highest BCUT2D eigenvalue weighted by molar-refractivity contribution is 6.10. The van der Waals surface area contributed by atoms with E-state index in [1.165, 1.54) is 24.8 Å². The number of aromatic carboxylic acids is 1. The molecule has 0 radical (unpaired) electrons. The Labute approximate surface area is 180 Å². The normalized spacial score (nSPS) is 15.0. The van der Waals surface area contributed by atoms with Gasteiger partial charge in [-0.05, 0) is 54.8 Å². The lowest BCUT2D eigenvalue weighted by Crippen LogP contribution is -2.11. The molecular formula is C26H25NO4. The lowest BCUT2D eigenvalue weighted by atomic mass is 9.82. The molecule has 2 heterocycles. The second-order valence-corrected chi connectivity index (χ2v) is 8.31. The van der Waals surface area contributed by atoms with Crippen molar-refractivity contribution in [1.29, 1.82) is 0 Å². The summed E-state index contributed by atoms with van der Waals surface area (Å²) in [5.41, 5.74) is 3.64. The van der Waals surface area contributed by atoms with Crippen molar-refractivity contribution >= 4 is 39.1 Å². The molecule has 1 N–H and O–H groups in total. The minimum absolute atomic E-state index is 0.213. The van der Waals surface area contributed by atoms with Gasteiger partial charge in [0, 0.05) is 10.8 Å². The van der Waals surface area contributed by atoms with Gasteiger partial charge in [-0.15, -0.1) is 0 Å². The second-order valence-electron chi connectivity index (χ2n) is 8.31. The highest BCUT2D eigenvalue weighted by atomic mass is 16.5. The van der Waals surface area contributed by atoms with Crippen LogP contribution in [0.25, 0.3) is 27.2 Å². The Morgan fingerprint density at radius 1 is 1.03 bits per heavy atom. The van der Waals surface area contributed by atoms with E-state index < -0.39 is 11.9 Å².